The molecular weight excluding hydrogens is 302 g/mol. The minimum Gasteiger partial charge on any atom is -0.313 e. The molecule has 2 aromatic heterocycles. The fourth-order valence-corrected chi connectivity index (χ4v) is 2.43. The first-order valence-electron chi connectivity index (χ1n) is 6.31. The number of rotatable bonds is 4. The van der Waals surface area contributed by atoms with Gasteiger partial charge in [0.05, 0.1) is 0 Å². The fourth-order valence-electron chi connectivity index (χ4n) is 2.19. The van der Waals surface area contributed by atoms with Crippen molar-refractivity contribution in [2.45, 2.75) is 26.3 Å². The van der Waals surface area contributed by atoms with Crippen molar-refractivity contribution < 1.29 is 0 Å². The molecule has 0 fully saturated rings. The van der Waals surface area contributed by atoms with Crippen LogP contribution in [0.25, 0.3) is 0 Å². The average molecular weight is 320 g/mol. The Morgan fingerprint density at radius 1 is 1.21 bits per heavy atom. The molecular formula is C15H18BrN3. The zero-order valence-electron chi connectivity index (χ0n) is 11.4. The first-order chi connectivity index (χ1) is 9.08. The number of hydrogen-bond donors (Lipinski definition) is 1. The second-order valence-electron chi connectivity index (χ2n) is 4.70. The molecule has 0 radical (unpaired) electrons. The molecule has 0 aliphatic rings. The van der Waals surface area contributed by atoms with Gasteiger partial charge < -0.3 is 5.32 Å². The van der Waals surface area contributed by atoms with Crippen molar-refractivity contribution in [2.75, 3.05) is 7.05 Å². The lowest BCUT2D eigenvalue weighted by molar-refractivity contribution is 0.582. The van der Waals surface area contributed by atoms with Crippen LogP contribution in [0, 0.1) is 13.8 Å². The van der Waals surface area contributed by atoms with E-state index in [9.17, 15) is 0 Å². The Kier molecular flexibility index (Phi) is 4.66. The number of hydrogen-bond acceptors (Lipinski definition) is 3. The summed E-state index contributed by atoms with van der Waals surface area (Å²) in [7, 11) is 1.98. The van der Waals surface area contributed by atoms with Gasteiger partial charge in [0, 0.05) is 40.2 Å². The van der Waals surface area contributed by atoms with Crippen LogP contribution in [0.4, 0.5) is 0 Å². The monoisotopic (exact) mass is 319 g/mol. The van der Waals surface area contributed by atoms with E-state index in [1.807, 2.05) is 33.2 Å². The third-order valence-corrected chi connectivity index (χ3v) is 3.53. The molecule has 2 aromatic rings. The summed E-state index contributed by atoms with van der Waals surface area (Å²) in [5.74, 6) is 0. The van der Waals surface area contributed by atoms with Crippen LogP contribution in [0.1, 0.15) is 28.7 Å². The van der Waals surface area contributed by atoms with Crippen molar-refractivity contribution in [3.05, 3.63) is 57.6 Å². The molecule has 1 N–H and O–H groups in total. The molecule has 100 valence electrons. The Hall–Kier alpha value is -1.26. The van der Waals surface area contributed by atoms with Gasteiger partial charge in [0.15, 0.2) is 0 Å². The molecule has 1 unspecified atom stereocenters. The molecule has 0 saturated heterocycles. The van der Waals surface area contributed by atoms with Crippen LogP contribution in [0.2, 0.25) is 0 Å². The molecule has 0 aromatic carbocycles. The average Bonchev–Trinajstić information content (AvgIpc) is 2.37. The van der Waals surface area contributed by atoms with E-state index in [4.69, 9.17) is 0 Å². The lowest BCUT2D eigenvalue weighted by Gasteiger charge is -2.17. The molecule has 0 aliphatic heterocycles. The van der Waals surface area contributed by atoms with Gasteiger partial charge in [-0.15, -0.1) is 0 Å². The Labute approximate surface area is 122 Å². The minimum absolute atomic E-state index is 0.258. The van der Waals surface area contributed by atoms with Gasteiger partial charge in [-0.25, -0.2) is 0 Å². The quantitative estimate of drug-likeness (QED) is 0.939. The van der Waals surface area contributed by atoms with E-state index in [2.05, 4.69) is 49.4 Å². The predicted molar refractivity (Wildman–Crippen MR) is 81.2 cm³/mol. The minimum atomic E-state index is 0.258. The summed E-state index contributed by atoms with van der Waals surface area (Å²) in [6.45, 7) is 4.06. The SMILES string of the molecule is CNC(Cc1ccc(Br)cn1)c1cc(C)nc(C)c1. The topological polar surface area (TPSA) is 37.8 Å². The Bertz CT molecular complexity index is 532. The number of aryl methyl sites for hydroxylation is 2. The highest BCUT2D eigenvalue weighted by atomic mass is 79.9. The van der Waals surface area contributed by atoms with Gasteiger partial charge in [0.1, 0.15) is 0 Å². The van der Waals surface area contributed by atoms with E-state index in [0.29, 0.717) is 0 Å². The zero-order chi connectivity index (χ0) is 13.8. The van der Waals surface area contributed by atoms with Gasteiger partial charge in [-0.3, -0.25) is 9.97 Å². The highest BCUT2D eigenvalue weighted by molar-refractivity contribution is 9.10. The Morgan fingerprint density at radius 2 is 1.89 bits per heavy atom. The molecule has 0 aliphatic carbocycles. The molecule has 3 nitrogen and oxygen atoms in total. The molecule has 0 spiro atoms. The van der Waals surface area contributed by atoms with Crippen LogP contribution in [-0.4, -0.2) is 17.0 Å². The Balaban J connectivity index is 2.22. The normalized spacial score (nSPS) is 12.4. The first kappa shape index (κ1) is 14.2. The van der Waals surface area contributed by atoms with Crippen molar-refractivity contribution in [1.29, 1.82) is 0 Å². The molecule has 4 heteroatoms. The van der Waals surface area contributed by atoms with Gasteiger partial charge in [-0.05, 0) is 66.7 Å². The molecule has 1 atom stereocenters. The number of halogens is 1. The van der Waals surface area contributed by atoms with Crippen LogP contribution < -0.4 is 5.32 Å². The van der Waals surface area contributed by atoms with Gasteiger partial charge in [-0.2, -0.15) is 0 Å². The van der Waals surface area contributed by atoms with E-state index < -0.39 is 0 Å². The third kappa shape index (κ3) is 3.85. The maximum Gasteiger partial charge on any atom is 0.0423 e. The number of pyridine rings is 2. The molecule has 0 bridgehead atoms. The zero-order valence-corrected chi connectivity index (χ0v) is 13.0. The lowest BCUT2D eigenvalue weighted by atomic mass is 10.0. The molecule has 2 heterocycles. The summed E-state index contributed by atoms with van der Waals surface area (Å²) >= 11 is 3.41. The van der Waals surface area contributed by atoms with Crippen LogP contribution in [0.15, 0.2) is 34.9 Å². The maximum absolute atomic E-state index is 4.43. The Morgan fingerprint density at radius 3 is 2.42 bits per heavy atom. The molecule has 0 saturated carbocycles. The third-order valence-electron chi connectivity index (χ3n) is 3.06. The van der Waals surface area contributed by atoms with Crippen molar-refractivity contribution in [3.8, 4) is 0 Å². The van der Waals surface area contributed by atoms with E-state index in [1.165, 1.54) is 5.56 Å². The van der Waals surface area contributed by atoms with Crippen molar-refractivity contribution in [1.82, 2.24) is 15.3 Å². The van der Waals surface area contributed by atoms with E-state index in [-0.39, 0.29) is 6.04 Å². The summed E-state index contributed by atoms with van der Waals surface area (Å²) in [4.78, 5) is 8.85. The van der Waals surface area contributed by atoms with Crippen molar-refractivity contribution in [3.63, 3.8) is 0 Å². The maximum atomic E-state index is 4.43. The largest absolute Gasteiger partial charge is 0.313 e. The molecule has 2 rings (SSSR count). The van der Waals surface area contributed by atoms with Crippen LogP contribution >= 0.6 is 15.9 Å². The number of likely N-dealkylation sites (N-methyl/N-ethyl adjacent to an activating group) is 1. The van der Waals surface area contributed by atoms with E-state index >= 15 is 0 Å². The predicted octanol–water partition coefficient (Wildman–Crippen LogP) is 3.36. The highest BCUT2D eigenvalue weighted by Gasteiger charge is 2.12. The van der Waals surface area contributed by atoms with E-state index in [1.54, 1.807) is 0 Å². The second-order valence-corrected chi connectivity index (χ2v) is 5.61. The highest BCUT2D eigenvalue weighted by Crippen LogP contribution is 2.19. The van der Waals surface area contributed by atoms with Gasteiger partial charge in [0.2, 0.25) is 0 Å². The lowest BCUT2D eigenvalue weighted by Crippen LogP contribution is -2.19. The van der Waals surface area contributed by atoms with Crippen molar-refractivity contribution >= 4 is 15.9 Å². The van der Waals surface area contributed by atoms with Crippen LogP contribution in [-0.2, 0) is 6.42 Å². The molecule has 19 heavy (non-hydrogen) atoms. The summed E-state index contributed by atoms with van der Waals surface area (Å²) < 4.78 is 1.01. The van der Waals surface area contributed by atoms with Crippen molar-refractivity contribution in [2.24, 2.45) is 0 Å². The van der Waals surface area contributed by atoms with Gasteiger partial charge in [-0.1, -0.05) is 0 Å². The number of nitrogens with one attached hydrogen (secondary N) is 1. The number of aromatic nitrogens is 2. The second kappa shape index (κ2) is 6.26. The summed E-state index contributed by atoms with van der Waals surface area (Å²) in [6.07, 6.45) is 2.71. The standard InChI is InChI=1S/C15H18BrN3/c1-10-6-12(7-11(2)19-10)15(17-3)8-14-5-4-13(16)9-18-14/h4-7,9,15,17H,8H2,1-3H3. The van der Waals surface area contributed by atoms with E-state index in [0.717, 1.165) is 28.0 Å². The first-order valence-corrected chi connectivity index (χ1v) is 7.10. The smallest absolute Gasteiger partial charge is 0.0423 e. The van der Waals surface area contributed by atoms with Gasteiger partial charge >= 0.3 is 0 Å². The molecule has 0 amide bonds. The summed E-state index contributed by atoms with van der Waals surface area (Å²) in [6, 6.07) is 8.60. The van der Waals surface area contributed by atoms with Gasteiger partial charge in [0.25, 0.3) is 0 Å². The fraction of sp³-hybridized carbons (Fsp3) is 0.333. The van der Waals surface area contributed by atoms with Crippen LogP contribution in [0.3, 0.4) is 0 Å². The summed E-state index contributed by atoms with van der Waals surface area (Å²) in [5.41, 5.74) is 4.45. The number of nitrogens with zero attached hydrogens (tertiary/aromatic N) is 2. The van der Waals surface area contributed by atoms with Crippen LogP contribution in [0.5, 0.6) is 0 Å². The summed E-state index contributed by atoms with van der Waals surface area (Å²) in [5, 5.41) is 3.36.